The van der Waals surface area contributed by atoms with Gasteiger partial charge in [-0.05, 0) is 62.2 Å². The first-order valence-electron chi connectivity index (χ1n) is 8.62. The second-order valence-corrected chi connectivity index (χ2v) is 6.86. The van der Waals surface area contributed by atoms with Crippen LogP contribution >= 0.6 is 11.6 Å². The van der Waals surface area contributed by atoms with Gasteiger partial charge in [-0.25, -0.2) is 0 Å². The lowest BCUT2D eigenvalue weighted by molar-refractivity contribution is -0.115. The summed E-state index contributed by atoms with van der Waals surface area (Å²) in [5, 5.41) is 7.47. The Kier molecular flexibility index (Phi) is 5.81. The van der Waals surface area contributed by atoms with Gasteiger partial charge in [0, 0.05) is 10.7 Å². The van der Waals surface area contributed by atoms with Gasteiger partial charge in [-0.2, -0.15) is 0 Å². The number of halogens is 1. The van der Waals surface area contributed by atoms with E-state index < -0.39 is 0 Å². The van der Waals surface area contributed by atoms with Gasteiger partial charge in [-0.15, -0.1) is 0 Å². The molecule has 0 atom stereocenters. The molecule has 0 fully saturated rings. The number of aromatic nitrogens is 1. The number of benzene rings is 2. The Hall–Kier alpha value is -2.79. The molecular weight excluding hydrogens is 364 g/mol. The number of hydrogen-bond donors (Lipinski definition) is 1. The molecule has 0 radical (unpaired) electrons. The van der Waals surface area contributed by atoms with E-state index in [4.69, 9.17) is 20.9 Å². The molecule has 0 bridgehead atoms. The van der Waals surface area contributed by atoms with E-state index in [0.717, 1.165) is 39.6 Å². The predicted molar refractivity (Wildman–Crippen MR) is 105 cm³/mol. The Morgan fingerprint density at radius 2 is 1.89 bits per heavy atom. The van der Waals surface area contributed by atoms with Crippen molar-refractivity contribution < 1.29 is 14.1 Å². The normalized spacial score (nSPS) is 10.7. The number of ether oxygens (including phenoxy) is 1. The van der Waals surface area contributed by atoms with Gasteiger partial charge in [0.1, 0.15) is 18.1 Å². The van der Waals surface area contributed by atoms with E-state index in [1.807, 2.05) is 51.1 Å². The fourth-order valence-corrected chi connectivity index (χ4v) is 2.94. The fraction of sp³-hybridized carbons (Fsp3) is 0.238. The third kappa shape index (κ3) is 4.89. The van der Waals surface area contributed by atoms with Crippen LogP contribution in [0.25, 0.3) is 0 Å². The smallest absolute Gasteiger partial charge is 0.228 e. The molecule has 1 aromatic heterocycles. The molecule has 1 heterocycles. The van der Waals surface area contributed by atoms with Crippen LogP contribution in [0.1, 0.15) is 28.1 Å². The van der Waals surface area contributed by atoms with Crippen LogP contribution in [0.2, 0.25) is 5.02 Å². The first-order chi connectivity index (χ1) is 12.9. The summed E-state index contributed by atoms with van der Waals surface area (Å²) in [6, 6.07) is 12.9. The highest BCUT2D eigenvalue weighted by molar-refractivity contribution is 6.30. The zero-order chi connectivity index (χ0) is 19.4. The zero-order valence-corrected chi connectivity index (χ0v) is 16.3. The Morgan fingerprint density at radius 1 is 1.15 bits per heavy atom. The minimum atomic E-state index is -0.0789. The van der Waals surface area contributed by atoms with Crippen LogP contribution in [0.5, 0.6) is 5.75 Å². The standard InChI is InChI=1S/C21H21ClN2O3/c1-13-10-17(22)6-9-20(13)23-21(25)11-16-4-7-18(8-5-16)26-12-19-14(2)24-27-15(19)3/h4-10H,11-12H2,1-3H3,(H,23,25). The van der Waals surface area contributed by atoms with E-state index in [1.54, 1.807) is 12.1 Å². The summed E-state index contributed by atoms with van der Waals surface area (Å²) in [4.78, 5) is 12.3. The van der Waals surface area contributed by atoms with Crippen molar-refractivity contribution in [1.82, 2.24) is 5.16 Å². The quantitative estimate of drug-likeness (QED) is 0.648. The average Bonchev–Trinajstić information content (AvgIpc) is 2.95. The number of nitrogens with one attached hydrogen (secondary N) is 1. The van der Waals surface area contributed by atoms with Gasteiger partial charge >= 0.3 is 0 Å². The summed E-state index contributed by atoms with van der Waals surface area (Å²) < 4.78 is 10.9. The molecule has 140 valence electrons. The van der Waals surface area contributed by atoms with Crippen LogP contribution in [0.15, 0.2) is 47.0 Å². The Bertz CT molecular complexity index is 929. The SMILES string of the molecule is Cc1cc(Cl)ccc1NC(=O)Cc1ccc(OCc2c(C)noc2C)cc1. The topological polar surface area (TPSA) is 64.4 Å². The highest BCUT2D eigenvalue weighted by Gasteiger charge is 2.10. The molecule has 1 amide bonds. The third-order valence-electron chi connectivity index (χ3n) is 4.31. The lowest BCUT2D eigenvalue weighted by Crippen LogP contribution is -2.15. The first kappa shape index (κ1) is 19.0. The molecule has 2 aromatic carbocycles. The van der Waals surface area contributed by atoms with E-state index in [9.17, 15) is 4.79 Å². The van der Waals surface area contributed by atoms with Gasteiger partial charge in [0.25, 0.3) is 0 Å². The largest absolute Gasteiger partial charge is 0.489 e. The number of carbonyl (C=O) groups is 1. The molecule has 0 aliphatic rings. The summed E-state index contributed by atoms with van der Waals surface area (Å²) in [5.41, 5.74) is 4.39. The van der Waals surface area contributed by atoms with E-state index >= 15 is 0 Å². The molecular formula is C21H21ClN2O3. The monoisotopic (exact) mass is 384 g/mol. The number of anilines is 1. The van der Waals surface area contributed by atoms with Gasteiger partial charge in [0.05, 0.1) is 17.7 Å². The molecule has 0 spiro atoms. The van der Waals surface area contributed by atoms with Gasteiger partial charge in [0.2, 0.25) is 5.91 Å². The predicted octanol–water partition coefficient (Wildman–Crippen LogP) is 5.01. The van der Waals surface area contributed by atoms with Crippen molar-refractivity contribution in [1.29, 1.82) is 0 Å². The third-order valence-corrected chi connectivity index (χ3v) is 4.55. The second kappa shape index (κ2) is 8.27. The van der Waals surface area contributed by atoms with E-state index in [0.29, 0.717) is 11.6 Å². The molecule has 5 nitrogen and oxygen atoms in total. The lowest BCUT2D eigenvalue weighted by Gasteiger charge is -2.10. The Labute approximate surface area is 163 Å². The molecule has 3 rings (SSSR count). The van der Waals surface area contributed by atoms with Crippen LogP contribution in [0.4, 0.5) is 5.69 Å². The number of amides is 1. The lowest BCUT2D eigenvalue weighted by atomic mass is 10.1. The number of nitrogens with zero attached hydrogens (tertiary/aromatic N) is 1. The van der Waals surface area contributed by atoms with Crippen molar-refractivity contribution in [3.63, 3.8) is 0 Å². The van der Waals surface area contributed by atoms with E-state index in [-0.39, 0.29) is 12.3 Å². The molecule has 6 heteroatoms. The van der Waals surface area contributed by atoms with E-state index in [2.05, 4.69) is 10.5 Å². The molecule has 27 heavy (non-hydrogen) atoms. The Balaban J connectivity index is 1.56. The minimum Gasteiger partial charge on any atom is -0.489 e. The maximum absolute atomic E-state index is 12.3. The molecule has 0 aliphatic heterocycles. The molecule has 0 saturated heterocycles. The molecule has 3 aromatic rings. The van der Waals surface area contributed by atoms with Crippen LogP contribution in [-0.4, -0.2) is 11.1 Å². The van der Waals surface area contributed by atoms with Crippen molar-refractivity contribution in [3.8, 4) is 5.75 Å². The number of rotatable bonds is 6. The zero-order valence-electron chi connectivity index (χ0n) is 15.5. The summed E-state index contributed by atoms with van der Waals surface area (Å²) in [5.74, 6) is 1.41. The van der Waals surface area contributed by atoms with Gasteiger partial charge in [-0.3, -0.25) is 4.79 Å². The number of carbonyl (C=O) groups excluding carboxylic acids is 1. The maximum Gasteiger partial charge on any atom is 0.228 e. The van der Waals surface area contributed by atoms with Gasteiger partial charge in [-0.1, -0.05) is 28.9 Å². The Morgan fingerprint density at radius 3 is 2.52 bits per heavy atom. The summed E-state index contributed by atoms with van der Waals surface area (Å²) in [7, 11) is 0. The number of hydrogen-bond acceptors (Lipinski definition) is 4. The summed E-state index contributed by atoms with van der Waals surface area (Å²) in [6.07, 6.45) is 0.284. The molecule has 0 saturated carbocycles. The average molecular weight is 385 g/mol. The minimum absolute atomic E-state index is 0.0789. The molecule has 0 unspecified atom stereocenters. The van der Waals surface area contributed by atoms with Crippen molar-refractivity contribution in [2.45, 2.75) is 33.8 Å². The van der Waals surface area contributed by atoms with Crippen molar-refractivity contribution in [2.75, 3.05) is 5.32 Å². The van der Waals surface area contributed by atoms with Crippen LogP contribution < -0.4 is 10.1 Å². The van der Waals surface area contributed by atoms with Crippen LogP contribution in [-0.2, 0) is 17.8 Å². The highest BCUT2D eigenvalue weighted by Crippen LogP contribution is 2.21. The molecule has 1 N–H and O–H groups in total. The summed E-state index contributed by atoms with van der Waals surface area (Å²) in [6.45, 7) is 6.06. The second-order valence-electron chi connectivity index (χ2n) is 6.42. The van der Waals surface area contributed by atoms with Crippen molar-refractivity contribution >= 4 is 23.2 Å². The summed E-state index contributed by atoms with van der Waals surface area (Å²) >= 11 is 5.94. The van der Waals surface area contributed by atoms with Crippen LogP contribution in [0.3, 0.4) is 0 Å². The number of aryl methyl sites for hydroxylation is 3. The van der Waals surface area contributed by atoms with Gasteiger partial charge < -0.3 is 14.6 Å². The van der Waals surface area contributed by atoms with E-state index in [1.165, 1.54) is 0 Å². The van der Waals surface area contributed by atoms with Gasteiger partial charge in [0.15, 0.2) is 0 Å². The van der Waals surface area contributed by atoms with Crippen molar-refractivity contribution in [2.24, 2.45) is 0 Å². The maximum atomic E-state index is 12.3. The van der Waals surface area contributed by atoms with Crippen LogP contribution in [0, 0.1) is 20.8 Å². The van der Waals surface area contributed by atoms with Crippen molar-refractivity contribution in [3.05, 3.63) is 75.6 Å². The fourth-order valence-electron chi connectivity index (χ4n) is 2.71. The first-order valence-corrected chi connectivity index (χ1v) is 8.99. The highest BCUT2D eigenvalue weighted by atomic mass is 35.5. The molecule has 0 aliphatic carbocycles.